The Bertz CT molecular complexity index is 490. The maximum atomic E-state index is 11.8. The molecule has 1 saturated heterocycles. The lowest BCUT2D eigenvalue weighted by Crippen LogP contribution is -2.42. The van der Waals surface area contributed by atoms with Crippen molar-refractivity contribution in [3.63, 3.8) is 0 Å². The number of nitrogen functional groups attached to an aromatic ring is 1. The predicted molar refractivity (Wildman–Crippen MR) is 78.8 cm³/mol. The molecular weight excluding hydrogens is 256 g/mol. The molecule has 1 aliphatic rings. The molecule has 2 atom stereocenters. The third-order valence-electron chi connectivity index (χ3n) is 3.74. The molecule has 0 bridgehead atoms. The van der Waals surface area contributed by atoms with Crippen molar-refractivity contribution in [3.8, 4) is 0 Å². The minimum absolute atomic E-state index is 0.189. The summed E-state index contributed by atoms with van der Waals surface area (Å²) in [5.41, 5.74) is 8.01. The van der Waals surface area contributed by atoms with Gasteiger partial charge in [0.05, 0.1) is 29.6 Å². The lowest BCUT2D eigenvalue weighted by atomic mass is 9.96. The average molecular weight is 278 g/mol. The zero-order valence-corrected chi connectivity index (χ0v) is 12.0. The van der Waals surface area contributed by atoms with Crippen molar-refractivity contribution in [2.24, 2.45) is 5.92 Å². The second kappa shape index (κ2) is 6.13. The highest BCUT2D eigenvalue weighted by molar-refractivity contribution is 5.92. The smallest absolute Gasteiger partial charge is 0.338 e. The first kappa shape index (κ1) is 14.7. The van der Waals surface area contributed by atoms with E-state index in [1.807, 2.05) is 6.92 Å². The summed E-state index contributed by atoms with van der Waals surface area (Å²) in [7, 11) is 0. The molecule has 1 heterocycles. The molecule has 0 aliphatic carbocycles. The molecule has 1 aliphatic heterocycles. The molecular formula is C15H22N2O3. The van der Waals surface area contributed by atoms with Gasteiger partial charge in [-0.1, -0.05) is 6.92 Å². The highest BCUT2D eigenvalue weighted by Crippen LogP contribution is 2.29. The number of benzene rings is 1. The van der Waals surface area contributed by atoms with Crippen LogP contribution in [-0.4, -0.2) is 36.9 Å². The van der Waals surface area contributed by atoms with Crippen molar-refractivity contribution >= 4 is 17.3 Å². The van der Waals surface area contributed by atoms with Gasteiger partial charge in [0, 0.05) is 13.1 Å². The van der Waals surface area contributed by atoms with Crippen LogP contribution in [-0.2, 0) is 4.74 Å². The minimum atomic E-state index is -0.334. The van der Waals surface area contributed by atoms with E-state index >= 15 is 0 Å². The highest BCUT2D eigenvalue weighted by atomic mass is 16.5. The summed E-state index contributed by atoms with van der Waals surface area (Å²) in [6, 6.07) is 5.19. The first-order chi connectivity index (χ1) is 9.52. The van der Waals surface area contributed by atoms with Crippen molar-refractivity contribution in [2.45, 2.75) is 26.4 Å². The maximum Gasteiger partial charge on any atom is 0.338 e. The summed E-state index contributed by atoms with van der Waals surface area (Å²) in [6.45, 7) is 5.62. The number of carbonyl (C=O) groups is 1. The maximum absolute atomic E-state index is 11.8. The first-order valence-corrected chi connectivity index (χ1v) is 7.02. The molecule has 2 rings (SSSR count). The summed E-state index contributed by atoms with van der Waals surface area (Å²) < 4.78 is 5.01. The number of esters is 1. The fourth-order valence-corrected chi connectivity index (χ4v) is 2.51. The van der Waals surface area contributed by atoms with Crippen LogP contribution in [0.4, 0.5) is 11.4 Å². The summed E-state index contributed by atoms with van der Waals surface area (Å²) in [4.78, 5) is 13.9. The zero-order chi connectivity index (χ0) is 14.7. The quantitative estimate of drug-likeness (QED) is 0.649. The Kier molecular flexibility index (Phi) is 4.49. The van der Waals surface area contributed by atoms with E-state index in [-0.39, 0.29) is 18.0 Å². The Hall–Kier alpha value is -1.75. The Labute approximate surface area is 119 Å². The third-order valence-corrected chi connectivity index (χ3v) is 3.74. The van der Waals surface area contributed by atoms with Crippen molar-refractivity contribution in [1.82, 2.24) is 0 Å². The summed E-state index contributed by atoms with van der Waals surface area (Å²) in [6.07, 6.45) is 0.449. The van der Waals surface area contributed by atoms with Crippen molar-refractivity contribution in [2.75, 3.05) is 30.3 Å². The summed E-state index contributed by atoms with van der Waals surface area (Å²) in [5.74, 6) is -0.145. The number of nitrogens with two attached hydrogens (primary N) is 1. The standard InChI is InChI=1S/C15H22N2O3/c1-3-20-15(19)11-4-5-12(16)13(8-11)17-7-6-14(18)10(2)9-17/h4-5,8,10,14,18H,3,6-7,9,16H2,1-2H3. The molecule has 0 spiro atoms. The van der Waals surface area contributed by atoms with Crippen LogP contribution in [0.3, 0.4) is 0 Å². The number of ether oxygens (including phenoxy) is 1. The molecule has 0 aromatic heterocycles. The number of piperidine rings is 1. The molecule has 5 nitrogen and oxygen atoms in total. The van der Waals surface area contributed by atoms with Gasteiger partial charge in [-0.3, -0.25) is 0 Å². The molecule has 3 N–H and O–H groups in total. The van der Waals surface area contributed by atoms with Gasteiger partial charge in [0.2, 0.25) is 0 Å². The molecule has 20 heavy (non-hydrogen) atoms. The van der Waals surface area contributed by atoms with Crippen molar-refractivity contribution < 1.29 is 14.6 Å². The van der Waals surface area contributed by atoms with Gasteiger partial charge in [0.15, 0.2) is 0 Å². The average Bonchev–Trinajstić information content (AvgIpc) is 2.43. The number of hydrogen-bond acceptors (Lipinski definition) is 5. The van der Waals surface area contributed by atoms with E-state index in [0.29, 0.717) is 24.3 Å². The molecule has 5 heteroatoms. The first-order valence-electron chi connectivity index (χ1n) is 7.02. The lowest BCUT2D eigenvalue weighted by molar-refractivity contribution is 0.0526. The minimum Gasteiger partial charge on any atom is -0.462 e. The third kappa shape index (κ3) is 3.04. The van der Waals surface area contributed by atoms with Crippen molar-refractivity contribution in [3.05, 3.63) is 23.8 Å². The van der Waals surface area contributed by atoms with Crippen LogP contribution >= 0.6 is 0 Å². The number of hydrogen-bond donors (Lipinski definition) is 2. The van der Waals surface area contributed by atoms with Gasteiger partial charge in [-0.25, -0.2) is 4.79 Å². The number of aliphatic hydroxyl groups is 1. The van der Waals surface area contributed by atoms with Crippen LogP contribution in [0, 0.1) is 5.92 Å². The number of nitrogens with zero attached hydrogens (tertiary/aromatic N) is 1. The van der Waals surface area contributed by atoms with E-state index in [1.54, 1.807) is 25.1 Å². The number of carbonyl (C=O) groups excluding carboxylic acids is 1. The van der Waals surface area contributed by atoms with Crippen LogP contribution in [0.1, 0.15) is 30.6 Å². The van der Waals surface area contributed by atoms with Crippen molar-refractivity contribution in [1.29, 1.82) is 0 Å². The molecule has 2 unspecified atom stereocenters. The molecule has 1 aromatic rings. The molecule has 0 radical (unpaired) electrons. The molecule has 0 amide bonds. The fraction of sp³-hybridized carbons (Fsp3) is 0.533. The summed E-state index contributed by atoms with van der Waals surface area (Å²) in [5, 5.41) is 9.79. The van der Waals surface area contributed by atoms with Crippen LogP contribution in [0.15, 0.2) is 18.2 Å². The number of rotatable bonds is 3. The molecule has 1 fully saturated rings. The highest BCUT2D eigenvalue weighted by Gasteiger charge is 2.25. The van der Waals surface area contributed by atoms with Gasteiger partial charge in [-0.2, -0.15) is 0 Å². The second-order valence-corrected chi connectivity index (χ2v) is 5.27. The van der Waals surface area contributed by atoms with Gasteiger partial charge in [0.25, 0.3) is 0 Å². The molecule has 1 aromatic carbocycles. The van der Waals surface area contributed by atoms with Crippen LogP contribution in [0.2, 0.25) is 0 Å². The number of aliphatic hydroxyl groups excluding tert-OH is 1. The fourth-order valence-electron chi connectivity index (χ4n) is 2.51. The van der Waals surface area contributed by atoms with E-state index in [2.05, 4.69) is 4.90 Å². The monoisotopic (exact) mass is 278 g/mol. The Balaban J connectivity index is 2.22. The van der Waals surface area contributed by atoms with Gasteiger partial charge < -0.3 is 20.5 Å². The molecule has 110 valence electrons. The van der Waals surface area contributed by atoms with Crippen LogP contribution in [0.5, 0.6) is 0 Å². The SMILES string of the molecule is CCOC(=O)c1ccc(N)c(N2CCC(O)C(C)C2)c1. The van der Waals surface area contributed by atoms with Gasteiger partial charge in [-0.05, 0) is 37.5 Å². The predicted octanol–water partition coefficient (Wildman–Crippen LogP) is 1.65. The topological polar surface area (TPSA) is 75.8 Å². The number of anilines is 2. The molecule has 0 saturated carbocycles. The Morgan fingerprint density at radius 2 is 2.30 bits per heavy atom. The Morgan fingerprint density at radius 3 is 2.95 bits per heavy atom. The van der Waals surface area contributed by atoms with E-state index in [9.17, 15) is 9.90 Å². The van der Waals surface area contributed by atoms with Crippen LogP contribution < -0.4 is 10.6 Å². The van der Waals surface area contributed by atoms with Crippen LogP contribution in [0.25, 0.3) is 0 Å². The summed E-state index contributed by atoms with van der Waals surface area (Å²) >= 11 is 0. The largest absolute Gasteiger partial charge is 0.462 e. The normalized spacial score (nSPS) is 22.6. The Morgan fingerprint density at radius 1 is 1.55 bits per heavy atom. The van der Waals surface area contributed by atoms with Gasteiger partial charge in [-0.15, -0.1) is 0 Å². The van der Waals surface area contributed by atoms with E-state index in [4.69, 9.17) is 10.5 Å². The zero-order valence-electron chi connectivity index (χ0n) is 12.0. The van der Waals surface area contributed by atoms with E-state index in [0.717, 1.165) is 18.8 Å². The van der Waals surface area contributed by atoms with Gasteiger partial charge >= 0.3 is 5.97 Å². The van der Waals surface area contributed by atoms with Gasteiger partial charge in [0.1, 0.15) is 0 Å². The lowest BCUT2D eigenvalue weighted by Gasteiger charge is -2.36. The van der Waals surface area contributed by atoms with E-state index < -0.39 is 0 Å². The second-order valence-electron chi connectivity index (χ2n) is 5.27. The van der Waals surface area contributed by atoms with E-state index in [1.165, 1.54) is 0 Å².